The third-order valence-electron chi connectivity index (χ3n) is 2.65. The van der Waals surface area contributed by atoms with Crippen LogP contribution in [0.3, 0.4) is 0 Å². The molecular weight excluding hydrogens is 278 g/mol. The quantitative estimate of drug-likeness (QED) is 0.446. The van der Waals surface area contributed by atoms with Crippen LogP contribution in [-0.4, -0.2) is 37.0 Å². The summed E-state index contributed by atoms with van der Waals surface area (Å²) < 4.78 is 4.72. The van der Waals surface area contributed by atoms with Crippen LogP contribution < -0.4 is 10.6 Å². The summed E-state index contributed by atoms with van der Waals surface area (Å²) in [6, 6.07) is 4.11. The SMILES string of the molecule is CCOC(=O)CCNC(=O)c1ccc(NC)c([N+](=O)[O-])c1. The van der Waals surface area contributed by atoms with Crippen molar-refractivity contribution >= 4 is 23.3 Å². The predicted molar refractivity (Wildman–Crippen MR) is 76.2 cm³/mol. The van der Waals surface area contributed by atoms with Crippen molar-refractivity contribution in [1.82, 2.24) is 5.32 Å². The highest BCUT2D eigenvalue weighted by molar-refractivity contribution is 5.95. The van der Waals surface area contributed by atoms with Crippen LogP contribution in [0, 0.1) is 10.1 Å². The monoisotopic (exact) mass is 295 g/mol. The molecule has 0 bridgehead atoms. The van der Waals surface area contributed by atoms with Crippen LogP contribution in [0.25, 0.3) is 0 Å². The van der Waals surface area contributed by atoms with Crippen molar-refractivity contribution in [2.45, 2.75) is 13.3 Å². The smallest absolute Gasteiger partial charge is 0.307 e. The van der Waals surface area contributed by atoms with Crippen LogP contribution in [0.1, 0.15) is 23.7 Å². The van der Waals surface area contributed by atoms with Crippen molar-refractivity contribution in [2.75, 3.05) is 25.5 Å². The van der Waals surface area contributed by atoms with Gasteiger partial charge in [-0.15, -0.1) is 0 Å². The first-order valence-corrected chi connectivity index (χ1v) is 6.39. The van der Waals surface area contributed by atoms with E-state index in [-0.39, 0.29) is 30.8 Å². The summed E-state index contributed by atoms with van der Waals surface area (Å²) in [7, 11) is 1.56. The van der Waals surface area contributed by atoms with Gasteiger partial charge in [-0.2, -0.15) is 0 Å². The maximum Gasteiger partial charge on any atom is 0.307 e. The molecule has 1 amide bonds. The largest absolute Gasteiger partial charge is 0.466 e. The molecule has 114 valence electrons. The second-order valence-electron chi connectivity index (χ2n) is 4.05. The van der Waals surface area contributed by atoms with Crippen molar-refractivity contribution in [1.29, 1.82) is 0 Å². The van der Waals surface area contributed by atoms with Crippen LogP contribution in [0.15, 0.2) is 18.2 Å². The van der Waals surface area contributed by atoms with Gasteiger partial charge in [0.25, 0.3) is 11.6 Å². The number of ether oxygens (including phenoxy) is 1. The molecule has 1 rings (SSSR count). The number of esters is 1. The molecule has 1 aromatic rings. The number of carbonyl (C=O) groups excluding carboxylic acids is 2. The molecule has 0 heterocycles. The van der Waals surface area contributed by atoms with Crippen LogP contribution in [0.2, 0.25) is 0 Å². The lowest BCUT2D eigenvalue weighted by Crippen LogP contribution is -2.26. The fraction of sp³-hybridized carbons (Fsp3) is 0.385. The third-order valence-corrected chi connectivity index (χ3v) is 2.65. The summed E-state index contributed by atoms with van der Waals surface area (Å²) in [5.74, 6) is -0.889. The van der Waals surface area contributed by atoms with Crippen LogP contribution in [0.4, 0.5) is 11.4 Å². The molecule has 8 heteroatoms. The van der Waals surface area contributed by atoms with E-state index in [2.05, 4.69) is 10.6 Å². The molecule has 0 aliphatic carbocycles. The molecule has 0 spiro atoms. The topological polar surface area (TPSA) is 111 Å². The number of nitro benzene ring substituents is 1. The number of anilines is 1. The maximum absolute atomic E-state index is 11.9. The molecule has 2 N–H and O–H groups in total. The molecule has 0 fully saturated rings. The highest BCUT2D eigenvalue weighted by atomic mass is 16.6. The number of hydrogen-bond donors (Lipinski definition) is 2. The highest BCUT2D eigenvalue weighted by Gasteiger charge is 2.16. The summed E-state index contributed by atoms with van der Waals surface area (Å²) in [4.78, 5) is 33.3. The zero-order valence-electron chi connectivity index (χ0n) is 11.8. The van der Waals surface area contributed by atoms with Crippen LogP contribution >= 0.6 is 0 Å². The molecule has 8 nitrogen and oxygen atoms in total. The lowest BCUT2D eigenvalue weighted by atomic mass is 10.1. The highest BCUT2D eigenvalue weighted by Crippen LogP contribution is 2.24. The van der Waals surface area contributed by atoms with E-state index >= 15 is 0 Å². The molecule has 1 aromatic carbocycles. The molecule has 0 radical (unpaired) electrons. The number of carbonyl (C=O) groups is 2. The number of amides is 1. The normalized spacial score (nSPS) is 9.81. The Balaban J connectivity index is 2.68. The number of nitro groups is 1. The van der Waals surface area contributed by atoms with Crippen molar-refractivity contribution in [2.24, 2.45) is 0 Å². The van der Waals surface area contributed by atoms with E-state index in [1.807, 2.05) is 0 Å². The van der Waals surface area contributed by atoms with E-state index in [4.69, 9.17) is 4.74 Å². The van der Waals surface area contributed by atoms with Crippen molar-refractivity contribution < 1.29 is 19.2 Å². The number of nitrogens with one attached hydrogen (secondary N) is 2. The summed E-state index contributed by atoms with van der Waals surface area (Å²) >= 11 is 0. The third kappa shape index (κ3) is 4.75. The molecule has 0 saturated carbocycles. The molecule has 21 heavy (non-hydrogen) atoms. The van der Waals surface area contributed by atoms with Crippen LogP contribution in [-0.2, 0) is 9.53 Å². The van der Waals surface area contributed by atoms with Gasteiger partial charge >= 0.3 is 5.97 Å². The van der Waals surface area contributed by atoms with Gasteiger partial charge in [-0.05, 0) is 19.1 Å². The average molecular weight is 295 g/mol. The summed E-state index contributed by atoms with van der Waals surface area (Å²) in [5, 5.41) is 16.1. The van der Waals surface area contributed by atoms with E-state index in [1.54, 1.807) is 14.0 Å². The predicted octanol–water partition coefficient (Wildman–Crippen LogP) is 1.32. The Morgan fingerprint density at radius 1 is 1.38 bits per heavy atom. The molecule has 0 aliphatic rings. The lowest BCUT2D eigenvalue weighted by molar-refractivity contribution is -0.384. The molecule has 0 aliphatic heterocycles. The number of rotatable bonds is 7. The van der Waals surface area contributed by atoms with Gasteiger partial charge in [0.15, 0.2) is 0 Å². The molecule has 0 atom stereocenters. The van der Waals surface area contributed by atoms with Crippen molar-refractivity contribution in [3.05, 3.63) is 33.9 Å². The first kappa shape index (κ1) is 16.4. The Morgan fingerprint density at radius 3 is 2.67 bits per heavy atom. The maximum atomic E-state index is 11.9. The van der Waals surface area contributed by atoms with Gasteiger partial charge in [-0.1, -0.05) is 0 Å². The Bertz CT molecular complexity index is 545. The van der Waals surface area contributed by atoms with Gasteiger partial charge in [-0.25, -0.2) is 0 Å². The number of benzene rings is 1. The first-order valence-electron chi connectivity index (χ1n) is 6.39. The molecular formula is C13H17N3O5. The van der Waals surface area contributed by atoms with E-state index in [9.17, 15) is 19.7 Å². The minimum atomic E-state index is -0.568. The molecule has 0 saturated heterocycles. The van der Waals surface area contributed by atoms with Gasteiger partial charge < -0.3 is 15.4 Å². The Labute approximate surface area is 121 Å². The van der Waals surface area contributed by atoms with Crippen molar-refractivity contribution in [3.63, 3.8) is 0 Å². The van der Waals surface area contributed by atoms with E-state index in [0.717, 1.165) is 0 Å². The minimum absolute atomic E-state index is 0.0519. The van der Waals surface area contributed by atoms with Gasteiger partial charge in [0, 0.05) is 25.2 Å². The summed E-state index contributed by atoms with van der Waals surface area (Å²) in [6.07, 6.45) is 0.0519. The second kappa shape index (κ2) is 7.83. The fourth-order valence-corrected chi connectivity index (χ4v) is 1.65. The lowest BCUT2D eigenvalue weighted by Gasteiger charge is -2.07. The summed E-state index contributed by atoms with van der Waals surface area (Å²) in [6.45, 7) is 2.09. The second-order valence-corrected chi connectivity index (χ2v) is 4.05. The number of hydrogen-bond acceptors (Lipinski definition) is 6. The van der Waals surface area contributed by atoms with E-state index in [1.165, 1.54) is 18.2 Å². The van der Waals surface area contributed by atoms with Crippen molar-refractivity contribution in [3.8, 4) is 0 Å². The van der Waals surface area contributed by atoms with Gasteiger partial charge in [-0.3, -0.25) is 19.7 Å². The van der Waals surface area contributed by atoms with Crippen LogP contribution in [0.5, 0.6) is 0 Å². The van der Waals surface area contributed by atoms with E-state index < -0.39 is 16.8 Å². The average Bonchev–Trinajstić information content (AvgIpc) is 2.46. The Kier molecular flexibility index (Phi) is 6.12. The number of nitrogens with zero attached hydrogens (tertiary/aromatic N) is 1. The Morgan fingerprint density at radius 2 is 2.10 bits per heavy atom. The van der Waals surface area contributed by atoms with E-state index in [0.29, 0.717) is 5.69 Å². The summed E-state index contributed by atoms with van der Waals surface area (Å²) in [5.41, 5.74) is 0.295. The Hall–Kier alpha value is -2.64. The zero-order valence-corrected chi connectivity index (χ0v) is 11.8. The standard InChI is InChI=1S/C13H17N3O5/c1-3-21-12(17)6-7-15-13(18)9-4-5-10(14-2)11(8-9)16(19)20/h4-5,8,14H,3,6-7H2,1-2H3,(H,15,18). The van der Waals surface area contributed by atoms with Gasteiger partial charge in [0.1, 0.15) is 5.69 Å². The first-order chi connectivity index (χ1) is 9.99. The zero-order chi connectivity index (χ0) is 15.8. The van der Waals surface area contributed by atoms with Gasteiger partial charge in [0.2, 0.25) is 0 Å². The molecule has 0 unspecified atom stereocenters. The fourth-order valence-electron chi connectivity index (χ4n) is 1.65. The minimum Gasteiger partial charge on any atom is -0.466 e. The van der Waals surface area contributed by atoms with Gasteiger partial charge in [0.05, 0.1) is 18.0 Å². The molecule has 0 aromatic heterocycles.